The largest absolute Gasteiger partial charge is 0.353 e. The standard InChI is InChI=1S/C17H26N6O2/c1-2-7-20-8-6-11-22(13-12-20)17-15(23(24)25)16(18-14-19-17)21-9-4-3-5-10-21/h2,14H,1,3-13H2. The molecule has 8 nitrogen and oxygen atoms in total. The second-order valence-corrected chi connectivity index (χ2v) is 6.60. The lowest BCUT2D eigenvalue weighted by Gasteiger charge is -2.28. The van der Waals surface area contributed by atoms with Crippen LogP contribution in [0.15, 0.2) is 19.0 Å². The predicted molar refractivity (Wildman–Crippen MR) is 98.2 cm³/mol. The molecule has 2 saturated heterocycles. The van der Waals surface area contributed by atoms with Crippen molar-refractivity contribution in [3.05, 3.63) is 29.1 Å². The molecule has 25 heavy (non-hydrogen) atoms. The first kappa shape index (κ1) is 17.6. The molecule has 0 bridgehead atoms. The van der Waals surface area contributed by atoms with Crippen molar-refractivity contribution in [2.45, 2.75) is 25.7 Å². The van der Waals surface area contributed by atoms with Gasteiger partial charge >= 0.3 is 5.69 Å². The molecule has 0 atom stereocenters. The van der Waals surface area contributed by atoms with Crippen LogP contribution in [0.2, 0.25) is 0 Å². The van der Waals surface area contributed by atoms with Gasteiger partial charge in [-0.25, -0.2) is 9.97 Å². The van der Waals surface area contributed by atoms with Crippen molar-refractivity contribution >= 4 is 17.3 Å². The van der Waals surface area contributed by atoms with E-state index in [4.69, 9.17) is 0 Å². The number of hydrogen-bond acceptors (Lipinski definition) is 7. The first-order valence-electron chi connectivity index (χ1n) is 9.03. The number of nitro groups is 1. The Kier molecular flexibility index (Phi) is 5.80. The molecular formula is C17H26N6O2. The van der Waals surface area contributed by atoms with Crippen LogP contribution in [-0.2, 0) is 0 Å². The lowest BCUT2D eigenvalue weighted by atomic mass is 10.1. The summed E-state index contributed by atoms with van der Waals surface area (Å²) >= 11 is 0. The Morgan fingerprint density at radius 2 is 1.64 bits per heavy atom. The van der Waals surface area contributed by atoms with E-state index in [0.717, 1.165) is 65.1 Å². The van der Waals surface area contributed by atoms with E-state index in [1.54, 1.807) is 0 Å². The van der Waals surface area contributed by atoms with Crippen molar-refractivity contribution in [3.63, 3.8) is 0 Å². The van der Waals surface area contributed by atoms with E-state index in [-0.39, 0.29) is 10.6 Å². The van der Waals surface area contributed by atoms with Crippen molar-refractivity contribution in [1.82, 2.24) is 14.9 Å². The number of nitrogens with zero attached hydrogens (tertiary/aromatic N) is 6. The maximum atomic E-state index is 11.8. The smallest absolute Gasteiger partial charge is 0.351 e. The van der Waals surface area contributed by atoms with E-state index in [2.05, 4.69) is 21.4 Å². The van der Waals surface area contributed by atoms with Crippen molar-refractivity contribution < 1.29 is 4.92 Å². The summed E-state index contributed by atoms with van der Waals surface area (Å²) in [7, 11) is 0. The van der Waals surface area contributed by atoms with Gasteiger partial charge in [-0.1, -0.05) is 6.08 Å². The first-order chi connectivity index (χ1) is 12.2. The molecule has 0 radical (unpaired) electrons. The summed E-state index contributed by atoms with van der Waals surface area (Å²) in [5, 5.41) is 11.8. The van der Waals surface area contributed by atoms with Crippen LogP contribution < -0.4 is 9.80 Å². The molecule has 0 unspecified atom stereocenters. The van der Waals surface area contributed by atoms with Crippen LogP contribution in [0.25, 0.3) is 0 Å². The molecule has 3 rings (SSSR count). The number of piperidine rings is 1. The van der Waals surface area contributed by atoms with Gasteiger partial charge in [-0.3, -0.25) is 15.0 Å². The molecule has 0 saturated carbocycles. The van der Waals surface area contributed by atoms with E-state index >= 15 is 0 Å². The summed E-state index contributed by atoms with van der Waals surface area (Å²) in [6, 6.07) is 0. The molecule has 0 aromatic carbocycles. The van der Waals surface area contributed by atoms with Crippen LogP contribution in [0.3, 0.4) is 0 Å². The van der Waals surface area contributed by atoms with E-state index in [0.29, 0.717) is 11.6 Å². The van der Waals surface area contributed by atoms with E-state index in [1.165, 1.54) is 12.7 Å². The number of aromatic nitrogens is 2. The molecule has 0 spiro atoms. The van der Waals surface area contributed by atoms with Gasteiger partial charge in [-0.2, -0.15) is 0 Å². The highest BCUT2D eigenvalue weighted by Crippen LogP contribution is 2.35. The molecule has 136 valence electrons. The van der Waals surface area contributed by atoms with Gasteiger partial charge in [0.2, 0.25) is 11.6 Å². The third kappa shape index (κ3) is 4.07. The van der Waals surface area contributed by atoms with Crippen LogP contribution >= 0.6 is 0 Å². The lowest BCUT2D eigenvalue weighted by molar-refractivity contribution is -0.383. The van der Waals surface area contributed by atoms with Gasteiger partial charge in [-0.05, 0) is 25.7 Å². The molecule has 2 fully saturated rings. The van der Waals surface area contributed by atoms with E-state index < -0.39 is 0 Å². The average molecular weight is 346 g/mol. The fraction of sp³-hybridized carbons (Fsp3) is 0.647. The van der Waals surface area contributed by atoms with Gasteiger partial charge < -0.3 is 9.80 Å². The Balaban J connectivity index is 1.87. The topological polar surface area (TPSA) is 78.6 Å². The van der Waals surface area contributed by atoms with Crippen LogP contribution in [0.1, 0.15) is 25.7 Å². The molecule has 8 heteroatoms. The van der Waals surface area contributed by atoms with Crippen molar-refractivity contribution in [1.29, 1.82) is 0 Å². The Morgan fingerprint density at radius 1 is 1.00 bits per heavy atom. The van der Waals surface area contributed by atoms with E-state index in [1.807, 2.05) is 15.9 Å². The van der Waals surface area contributed by atoms with Crippen molar-refractivity contribution in [2.75, 3.05) is 55.6 Å². The molecule has 0 aliphatic carbocycles. The van der Waals surface area contributed by atoms with Crippen LogP contribution in [0.4, 0.5) is 17.3 Å². The van der Waals surface area contributed by atoms with Crippen molar-refractivity contribution in [3.8, 4) is 0 Å². The fourth-order valence-electron chi connectivity index (χ4n) is 3.64. The molecule has 0 N–H and O–H groups in total. The van der Waals surface area contributed by atoms with Crippen LogP contribution in [-0.4, -0.2) is 65.6 Å². The van der Waals surface area contributed by atoms with Gasteiger partial charge in [0.05, 0.1) is 4.92 Å². The zero-order valence-corrected chi connectivity index (χ0v) is 14.6. The number of hydrogen-bond donors (Lipinski definition) is 0. The van der Waals surface area contributed by atoms with Gasteiger partial charge in [-0.15, -0.1) is 6.58 Å². The van der Waals surface area contributed by atoms with E-state index in [9.17, 15) is 10.1 Å². The minimum atomic E-state index is -0.314. The summed E-state index contributed by atoms with van der Waals surface area (Å²) in [6.45, 7) is 9.61. The van der Waals surface area contributed by atoms with Crippen LogP contribution in [0, 0.1) is 10.1 Å². The third-order valence-electron chi connectivity index (χ3n) is 4.90. The molecule has 3 heterocycles. The highest BCUT2D eigenvalue weighted by atomic mass is 16.6. The minimum Gasteiger partial charge on any atom is -0.351 e. The fourth-order valence-corrected chi connectivity index (χ4v) is 3.64. The lowest BCUT2D eigenvalue weighted by Crippen LogP contribution is -2.33. The van der Waals surface area contributed by atoms with Gasteiger partial charge in [0.1, 0.15) is 6.33 Å². The summed E-state index contributed by atoms with van der Waals surface area (Å²) in [4.78, 5) is 26.5. The van der Waals surface area contributed by atoms with Gasteiger partial charge in [0.25, 0.3) is 0 Å². The highest BCUT2D eigenvalue weighted by Gasteiger charge is 2.31. The van der Waals surface area contributed by atoms with Gasteiger partial charge in [0.15, 0.2) is 0 Å². The third-order valence-corrected chi connectivity index (χ3v) is 4.90. The summed E-state index contributed by atoms with van der Waals surface area (Å²) in [5.74, 6) is 0.933. The SMILES string of the molecule is C=CCN1CCCN(c2ncnc(N3CCCCC3)c2[N+](=O)[O-])CC1. The quantitative estimate of drug-likeness (QED) is 0.459. The zero-order chi connectivity index (χ0) is 17.6. The summed E-state index contributed by atoms with van der Waals surface area (Å²) in [6.07, 6.45) is 7.60. The maximum absolute atomic E-state index is 11.8. The Labute approximate surface area is 148 Å². The second-order valence-electron chi connectivity index (χ2n) is 6.60. The molecule has 2 aliphatic heterocycles. The molecule has 1 aromatic rings. The minimum absolute atomic E-state index is 0.0570. The maximum Gasteiger partial charge on any atom is 0.353 e. The van der Waals surface area contributed by atoms with Crippen LogP contribution in [0.5, 0.6) is 0 Å². The monoisotopic (exact) mass is 346 g/mol. The average Bonchev–Trinajstić information content (AvgIpc) is 2.88. The molecule has 0 amide bonds. The Hall–Kier alpha value is -2.22. The molecular weight excluding hydrogens is 320 g/mol. The Bertz CT molecular complexity index is 617. The number of anilines is 2. The Morgan fingerprint density at radius 3 is 2.28 bits per heavy atom. The first-order valence-corrected chi connectivity index (χ1v) is 9.03. The normalized spacial score (nSPS) is 19.5. The summed E-state index contributed by atoms with van der Waals surface area (Å²) in [5.41, 5.74) is 0.0570. The number of rotatable bonds is 5. The second kappa shape index (κ2) is 8.24. The predicted octanol–water partition coefficient (Wildman–Crippen LogP) is 2.07. The highest BCUT2D eigenvalue weighted by molar-refractivity contribution is 5.71. The molecule has 1 aromatic heterocycles. The molecule has 2 aliphatic rings. The summed E-state index contributed by atoms with van der Waals surface area (Å²) < 4.78 is 0. The van der Waals surface area contributed by atoms with Crippen molar-refractivity contribution in [2.24, 2.45) is 0 Å². The zero-order valence-electron chi connectivity index (χ0n) is 14.6. The van der Waals surface area contributed by atoms with Gasteiger partial charge in [0, 0.05) is 45.8 Å².